The van der Waals surface area contributed by atoms with Crippen molar-refractivity contribution in [3.8, 4) is 0 Å². The average Bonchev–Trinajstić information content (AvgIpc) is 2.22. The number of hydrogen-bond acceptors (Lipinski definition) is 2. The Hall–Kier alpha value is -1.55. The standard InChI is InChI=1S/C11H14ClN3O/c1-7-3-9(5-12)8(2)10(4-7)6-14-15-11(13)16/h3-4,6H,5H2,1-2H3,(H3,13,15,16). The molecule has 86 valence electrons. The molecule has 0 fully saturated rings. The van der Waals surface area contributed by atoms with Gasteiger partial charge in [-0.25, -0.2) is 10.2 Å². The first-order valence-electron chi connectivity index (χ1n) is 4.79. The normalized spacial score (nSPS) is 10.7. The molecule has 1 rings (SSSR count). The molecule has 0 spiro atoms. The summed E-state index contributed by atoms with van der Waals surface area (Å²) in [4.78, 5) is 10.4. The average molecular weight is 240 g/mol. The lowest BCUT2D eigenvalue weighted by Crippen LogP contribution is -2.24. The molecule has 0 aliphatic carbocycles. The number of urea groups is 1. The van der Waals surface area contributed by atoms with E-state index in [9.17, 15) is 4.79 Å². The maximum Gasteiger partial charge on any atom is 0.332 e. The number of hydrazone groups is 1. The van der Waals surface area contributed by atoms with Gasteiger partial charge >= 0.3 is 6.03 Å². The molecule has 0 heterocycles. The Morgan fingerprint density at radius 2 is 2.25 bits per heavy atom. The van der Waals surface area contributed by atoms with Crippen LogP contribution in [0.5, 0.6) is 0 Å². The summed E-state index contributed by atoms with van der Waals surface area (Å²) in [6.45, 7) is 3.94. The van der Waals surface area contributed by atoms with Crippen LogP contribution in [0.25, 0.3) is 0 Å². The van der Waals surface area contributed by atoms with Crippen LogP contribution in [-0.4, -0.2) is 12.2 Å². The number of benzene rings is 1. The number of carbonyl (C=O) groups excluding carboxylic acids is 1. The Labute approximate surface area is 99.5 Å². The minimum absolute atomic E-state index is 0.456. The number of amides is 2. The Bertz CT molecular complexity index is 429. The topological polar surface area (TPSA) is 67.5 Å². The molecule has 1 aromatic rings. The molecule has 0 aliphatic heterocycles. The van der Waals surface area contributed by atoms with Crippen molar-refractivity contribution < 1.29 is 4.79 Å². The number of halogens is 1. The largest absolute Gasteiger partial charge is 0.350 e. The van der Waals surface area contributed by atoms with Crippen LogP contribution in [0.15, 0.2) is 17.2 Å². The highest BCUT2D eigenvalue weighted by molar-refractivity contribution is 6.17. The second kappa shape index (κ2) is 5.51. The predicted octanol–water partition coefficient (Wildman–Crippen LogP) is 2.04. The molecule has 0 saturated heterocycles. The second-order valence-corrected chi connectivity index (χ2v) is 3.77. The van der Waals surface area contributed by atoms with E-state index >= 15 is 0 Å². The number of nitrogens with zero attached hydrogens (tertiary/aromatic N) is 1. The predicted molar refractivity (Wildman–Crippen MR) is 65.8 cm³/mol. The Kier molecular flexibility index (Phi) is 4.31. The zero-order valence-corrected chi connectivity index (χ0v) is 10.0. The van der Waals surface area contributed by atoms with Crippen LogP contribution in [0.1, 0.15) is 22.3 Å². The number of hydrogen-bond donors (Lipinski definition) is 2. The Balaban J connectivity index is 2.99. The van der Waals surface area contributed by atoms with Crippen molar-refractivity contribution in [2.24, 2.45) is 10.8 Å². The molecule has 0 aromatic heterocycles. The van der Waals surface area contributed by atoms with Gasteiger partial charge < -0.3 is 5.73 Å². The summed E-state index contributed by atoms with van der Waals surface area (Å²) < 4.78 is 0. The van der Waals surface area contributed by atoms with Crippen molar-refractivity contribution in [2.75, 3.05) is 0 Å². The van der Waals surface area contributed by atoms with E-state index in [0.717, 1.165) is 22.3 Å². The van der Waals surface area contributed by atoms with Crippen LogP contribution in [0.3, 0.4) is 0 Å². The van der Waals surface area contributed by atoms with Gasteiger partial charge in [0.2, 0.25) is 0 Å². The van der Waals surface area contributed by atoms with Crippen LogP contribution < -0.4 is 11.2 Å². The van der Waals surface area contributed by atoms with Crippen LogP contribution in [-0.2, 0) is 5.88 Å². The first-order valence-corrected chi connectivity index (χ1v) is 5.32. The molecule has 0 aliphatic rings. The number of nitrogens with one attached hydrogen (secondary N) is 1. The number of primary amides is 1. The third kappa shape index (κ3) is 3.24. The van der Waals surface area contributed by atoms with Crippen LogP contribution in [0.4, 0.5) is 4.79 Å². The van der Waals surface area contributed by atoms with Gasteiger partial charge in [-0.15, -0.1) is 11.6 Å². The highest BCUT2D eigenvalue weighted by Gasteiger charge is 2.03. The van der Waals surface area contributed by atoms with Crippen LogP contribution in [0.2, 0.25) is 0 Å². The van der Waals surface area contributed by atoms with E-state index in [4.69, 9.17) is 17.3 Å². The van der Waals surface area contributed by atoms with Gasteiger partial charge in [-0.2, -0.15) is 5.10 Å². The summed E-state index contributed by atoms with van der Waals surface area (Å²) in [5.74, 6) is 0.456. The molecule has 4 nitrogen and oxygen atoms in total. The third-order valence-corrected chi connectivity index (χ3v) is 2.51. The molecule has 3 N–H and O–H groups in total. The van der Waals surface area contributed by atoms with E-state index in [-0.39, 0.29) is 0 Å². The molecule has 2 amide bonds. The van der Waals surface area contributed by atoms with Crippen LogP contribution >= 0.6 is 11.6 Å². The van der Waals surface area contributed by atoms with Gasteiger partial charge in [0.25, 0.3) is 0 Å². The molecular weight excluding hydrogens is 226 g/mol. The molecule has 16 heavy (non-hydrogen) atoms. The van der Waals surface area contributed by atoms with E-state index in [1.165, 1.54) is 0 Å². The molecule has 1 aromatic carbocycles. The number of carbonyl (C=O) groups is 1. The first kappa shape index (κ1) is 12.5. The van der Waals surface area contributed by atoms with Gasteiger partial charge in [0.1, 0.15) is 0 Å². The van der Waals surface area contributed by atoms with Crippen molar-refractivity contribution in [2.45, 2.75) is 19.7 Å². The summed E-state index contributed by atoms with van der Waals surface area (Å²) in [5.41, 5.74) is 11.2. The number of rotatable bonds is 3. The summed E-state index contributed by atoms with van der Waals surface area (Å²) in [7, 11) is 0. The zero-order chi connectivity index (χ0) is 12.1. The number of nitrogens with two attached hydrogens (primary N) is 1. The van der Waals surface area contributed by atoms with Crippen molar-refractivity contribution in [1.82, 2.24) is 5.43 Å². The molecule has 0 unspecified atom stereocenters. The van der Waals surface area contributed by atoms with Gasteiger partial charge in [0, 0.05) is 5.88 Å². The lowest BCUT2D eigenvalue weighted by Gasteiger charge is -2.07. The monoisotopic (exact) mass is 239 g/mol. The molecule has 5 heteroatoms. The fraction of sp³-hybridized carbons (Fsp3) is 0.273. The highest BCUT2D eigenvalue weighted by Crippen LogP contribution is 2.17. The second-order valence-electron chi connectivity index (χ2n) is 3.51. The number of aryl methyl sites for hydroxylation is 1. The maximum atomic E-state index is 10.4. The lowest BCUT2D eigenvalue weighted by molar-refractivity contribution is 0.249. The zero-order valence-electron chi connectivity index (χ0n) is 9.25. The van der Waals surface area contributed by atoms with Gasteiger partial charge in [0.05, 0.1) is 6.21 Å². The number of alkyl halides is 1. The van der Waals surface area contributed by atoms with E-state index < -0.39 is 6.03 Å². The summed E-state index contributed by atoms with van der Waals surface area (Å²) in [5, 5.41) is 3.73. The molecular formula is C11H14ClN3O. The van der Waals surface area contributed by atoms with Crippen molar-refractivity contribution in [1.29, 1.82) is 0 Å². The summed E-state index contributed by atoms with van der Waals surface area (Å²) in [6, 6.07) is 3.32. The smallest absolute Gasteiger partial charge is 0.332 e. The molecule has 0 radical (unpaired) electrons. The minimum Gasteiger partial charge on any atom is -0.350 e. The van der Waals surface area contributed by atoms with Crippen molar-refractivity contribution in [3.05, 3.63) is 34.4 Å². The van der Waals surface area contributed by atoms with E-state index in [2.05, 4.69) is 10.5 Å². The molecule has 0 atom stereocenters. The highest BCUT2D eigenvalue weighted by atomic mass is 35.5. The maximum absolute atomic E-state index is 10.4. The quantitative estimate of drug-likeness (QED) is 0.473. The van der Waals surface area contributed by atoms with Crippen LogP contribution in [0, 0.1) is 13.8 Å². The van der Waals surface area contributed by atoms with E-state index in [0.29, 0.717) is 5.88 Å². The van der Waals surface area contributed by atoms with Gasteiger partial charge in [-0.3, -0.25) is 0 Å². The lowest BCUT2D eigenvalue weighted by atomic mass is 10.0. The van der Waals surface area contributed by atoms with E-state index in [1.807, 2.05) is 26.0 Å². The Morgan fingerprint density at radius 3 is 2.81 bits per heavy atom. The van der Waals surface area contributed by atoms with Gasteiger partial charge in [-0.1, -0.05) is 17.7 Å². The van der Waals surface area contributed by atoms with Gasteiger partial charge in [-0.05, 0) is 30.5 Å². The van der Waals surface area contributed by atoms with Crippen molar-refractivity contribution >= 4 is 23.8 Å². The minimum atomic E-state index is -0.681. The summed E-state index contributed by atoms with van der Waals surface area (Å²) >= 11 is 5.83. The van der Waals surface area contributed by atoms with Gasteiger partial charge in [0.15, 0.2) is 0 Å². The van der Waals surface area contributed by atoms with E-state index in [1.54, 1.807) is 6.21 Å². The SMILES string of the molecule is Cc1cc(C=NNC(N)=O)c(C)c(CCl)c1. The summed E-state index contributed by atoms with van der Waals surface area (Å²) in [6.07, 6.45) is 1.56. The fourth-order valence-corrected chi connectivity index (χ4v) is 1.68. The first-order chi connectivity index (χ1) is 7.54. The Morgan fingerprint density at radius 1 is 1.56 bits per heavy atom. The van der Waals surface area contributed by atoms with Crippen molar-refractivity contribution in [3.63, 3.8) is 0 Å². The fourth-order valence-electron chi connectivity index (χ4n) is 1.40. The molecule has 0 saturated carbocycles. The molecule has 0 bridgehead atoms. The third-order valence-electron chi connectivity index (χ3n) is 2.22.